The van der Waals surface area contributed by atoms with Crippen LogP contribution in [0.1, 0.15) is 13.8 Å². The number of rotatable bonds is 2. The van der Waals surface area contributed by atoms with Crippen LogP contribution in [0.4, 0.5) is 11.4 Å². The molecule has 4 heteroatoms. The summed E-state index contributed by atoms with van der Waals surface area (Å²) in [5.74, 6) is 0.730. The van der Waals surface area contributed by atoms with E-state index in [9.17, 15) is 0 Å². The van der Waals surface area contributed by atoms with Crippen molar-refractivity contribution in [3.05, 3.63) is 18.2 Å². The Morgan fingerprint density at radius 1 is 1.41 bits per heavy atom. The summed E-state index contributed by atoms with van der Waals surface area (Å²) in [7, 11) is 1.64. The Hall–Kier alpha value is -1.42. The SMILES string of the molecule is COc1cc(N2CC(C)OCC2C)ccc1N. The molecule has 1 aromatic rings. The van der Waals surface area contributed by atoms with E-state index in [2.05, 4.69) is 18.7 Å². The Bertz CT molecular complexity index is 395. The molecule has 0 aliphatic carbocycles. The molecule has 0 spiro atoms. The van der Waals surface area contributed by atoms with Crippen molar-refractivity contribution in [1.29, 1.82) is 0 Å². The lowest BCUT2D eigenvalue weighted by atomic mass is 10.1. The van der Waals surface area contributed by atoms with Crippen molar-refractivity contribution in [2.75, 3.05) is 30.9 Å². The van der Waals surface area contributed by atoms with E-state index < -0.39 is 0 Å². The van der Waals surface area contributed by atoms with Gasteiger partial charge in [0.05, 0.1) is 25.5 Å². The predicted molar refractivity (Wildman–Crippen MR) is 69.6 cm³/mol. The van der Waals surface area contributed by atoms with E-state index in [-0.39, 0.29) is 6.10 Å². The van der Waals surface area contributed by atoms with Crippen molar-refractivity contribution in [3.8, 4) is 5.75 Å². The number of nitrogen functional groups attached to an aromatic ring is 1. The Balaban J connectivity index is 2.26. The van der Waals surface area contributed by atoms with E-state index in [0.717, 1.165) is 24.6 Å². The molecule has 1 heterocycles. The average Bonchev–Trinajstić information content (AvgIpc) is 2.33. The zero-order valence-electron chi connectivity index (χ0n) is 10.6. The van der Waals surface area contributed by atoms with Crippen LogP contribution in [-0.4, -0.2) is 32.4 Å². The number of nitrogens with two attached hydrogens (primary N) is 1. The van der Waals surface area contributed by atoms with E-state index in [4.69, 9.17) is 15.2 Å². The molecule has 1 aliphatic heterocycles. The minimum Gasteiger partial charge on any atom is -0.495 e. The lowest BCUT2D eigenvalue weighted by Gasteiger charge is -2.38. The third kappa shape index (κ3) is 2.47. The van der Waals surface area contributed by atoms with Gasteiger partial charge in [-0.25, -0.2) is 0 Å². The van der Waals surface area contributed by atoms with Crippen molar-refractivity contribution in [2.24, 2.45) is 0 Å². The van der Waals surface area contributed by atoms with Gasteiger partial charge in [-0.05, 0) is 26.0 Å². The van der Waals surface area contributed by atoms with Crippen LogP contribution in [0, 0.1) is 0 Å². The summed E-state index contributed by atoms with van der Waals surface area (Å²) in [5, 5.41) is 0. The van der Waals surface area contributed by atoms with Crippen LogP contribution in [0.3, 0.4) is 0 Å². The molecule has 2 N–H and O–H groups in total. The molecule has 0 bridgehead atoms. The van der Waals surface area contributed by atoms with Crippen LogP contribution >= 0.6 is 0 Å². The molecule has 0 aromatic heterocycles. The van der Waals surface area contributed by atoms with Gasteiger partial charge in [0.1, 0.15) is 5.75 Å². The smallest absolute Gasteiger partial charge is 0.143 e. The number of methoxy groups -OCH3 is 1. The number of benzene rings is 1. The summed E-state index contributed by atoms with van der Waals surface area (Å²) < 4.78 is 10.9. The van der Waals surface area contributed by atoms with Crippen LogP contribution in [0.5, 0.6) is 5.75 Å². The van der Waals surface area contributed by atoms with Crippen LogP contribution in [0.15, 0.2) is 18.2 Å². The van der Waals surface area contributed by atoms with Crippen LogP contribution in [-0.2, 0) is 4.74 Å². The number of ether oxygens (including phenoxy) is 2. The Kier molecular flexibility index (Phi) is 3.43. The van der Waals surface area contributed by atoms with Gasteiger partial charge in [-0.3, -0.25) is 0 Å². The largest absolute Gasteiger partial charge is 0.495 e. The molecule has 94 valence electrons. The van der Waals surface area contributed by atoms with Crippen LogP contribution in [0.25, 0.3) is 0 Å². The van der Waals surface area contributed by atoms with E-state index in [1.807, 2.05) is 18.2 Å². The van der Waals surface area contributed by atoms with Gasteiger partial charge in [0.15, 0.2) is 0 Å². The third-order valence-electron chi connectivity index (χ3n) is 3.16. The minimum absolute atomic E-state index is 0.259. The second kappa shape index (κ2) is 4.84. The molecule has 1 aromatic carbocycles. The lowest BCUT2D eigenvalue weighted by Crippen LogP contribution is -2.47. The molecule has 2 atom stereocenters. The van der Waals surface area contributed by atoms with Crippen molar-refractivity contribution < 1.29 is 9.47 Å². The monoisotopic (exact) mass is 236 g/mol. The second-order valence-electron chi connectivity index (χ2n) is 4.57. The molecule has 1 saturated heterocycles. The first-order valence-electron chi connectivity index (χ1n) is 5.93. The van der Waals surface area contributed by atoms with Gasteiger partial charge in [0.25, 0.3) is 0 Å². The highest BCUT2D eigenvalue weighted by atomic mass is 16.5. The fourth-order valence-corrected chi connectivity index (χ4v) is 2.14. The second-order valence-corrected chi connectivity index (χ2v) is 4.57. The first-order valence-corrected chi connectivity index (χ1v) is 5.93. The molecule has 0 amide bonds. The molecule has 0 saturated carbocycles. The summed E-state index contributed by atoms with van der Waals surface area (Å²) >= 11 is 0. The van der Waals surface area contributed by atoms with Gasteiger partial charge < -0.3 is 20.1 Å². The standard InChI is InChI=1S/C13H20N2O2/c1-9-8-17-10(2)7-15(9)11-4-5-12(14)13(6-11)16-3/h4-6,9-10H,7-8,14H2,1-3H3. The topological polar surface area (TPSA) is 47.7 Å². The number of anilines is 2. The summed E-state index contributed by atoms with van der Waals surface area (Å²) in [6.45, 7) is 5.91. The lowest BCUT2D eigenvalue weighted by molar-refractivity contribution is 0.0343. The maximum Gasteiger partial charge on any atom is 0.143 e. The van der Waals surface area contributed by atoms with Crippen molar-refractivity contribution in [1.82, 2.24) is 0 Å². The first kappa shape index (κ1) is 12.0. The molecule has 2 unspecified atom stereocenters. The van der Waals surface area contributed by atoms with Crippen LogP contribution in [0.2, 0.25) is 0 Å². The van der Waals surface area contributed by atoms with E-state index in [0.29, 0.717) is 11.7 Å². The van der Waals surface area contributed by atoms with Gasteiger partial charge in [0, 0.05) is 24.3 Å². The van der Waals surface area contributed by atoms with Gasteiger partial charge in [-0.2, -0.15) is 0 Å². The van der Waals surface area contributed by atoms with Crippen LogP contribution < -0.4 is 15.4 Å². The highest BCUT2D eigenvalue weighted by molar-refractivity contribution is 5.62. The summed E-state index contributed by atoms with van der Waals surface area (Å²) in [6.07, 6.45) is 0.259. The van der Waals surface area contributed by atoms with E-state index in [1.165, 1.54) is 0 Å². The van der Waals surface area contributed by atoms with Crippen molar-refractivity contribution in [2.45, 2.75) is 26.0 Å². The maximum absolute atomic E-state index is 5.82. The number of hydrogen-bond donors (Lipinski definition) is 1. The fraction of sp³-hybridized carbons (Fsp3) is 0.538. The third-order valence-corrected chi connectivity index (χ3v) is 3.16. The van der Waals surface area contributed by atoms with Gasteiger partial charge in [0.2, 0.25) is 0 Å². The quantitative estimate of drug-likeness (QED) is 0.797. The normalized spacial score (nSPS) is 24.8. The zero-order valence-corrected chi connectivity index (χ0v) is 10.6. The zero-order chi connectivity index (χ0) is 12.4. The van der Waals surface area contributed by atoms with Gasteiger partial charge in [-0.15, -0.1) is 0 Å². The summed E-state index contributed by atoms with van der Waals surface area (Å²) in [5.41, 5.74) is 7.63. The van der Waals surface area contributed by atoms with Gasteiger partial charge in [-0.1, -0.05) is 0 Å². The number of nitrogens with zero attached hydrogens (tertiary/aromatic N) is 1. The predicted octanol–water partition coefficient (Wildman–Crippen LogP) is 1.89. The highest BCUT2D eigenvalue weighted by Crippen LogP contribution is 2.29. The molecular formula is C13H20N2O2. The van der Waals surface area contributed by atoms with Crippen molar-refractivity contribution >= 4 is 11.4 Å². The van der Waals surface area contributed by atoms with Gasteiger partial charge >= 0.3 is 0 Å². The molecule has 1 aliphatic rings. The molecule has 0 radical (unpaired) electrons. The first-order chi connectivity index (χ1) is 8.11. The van der Waals surface area contributed by atoms with E-state index in [1.54, 1.807) is 7.11 Å². The Labute approximate surface area is 102 Å². The molecule has 17 heavy (non-hydrogen) atoms. The maximum atomic E-state index is 5.82. The molecule has 1 fully saturated rings. The Morgan fingerprint density at radius 2 is 2.18 bits per heavy atom. The summed E-state index contributed by atoms with van der Waals surface area (Å²) in [6, 6.07) is 6.29. The minimum atomic E-state index is 0.259. The molecule has 4 nitrogen and oxygen atoms in total. The highest BCUT2D eigenvalue weighted by Gasteiger charge is 2.24. The Morgan fingerprint density at radius 3 is 2.88 bits per heavy atom. The molecular weight excluding hydrogens is 216 g/mol. The number of morpholine rings is 1. The fourth-order valence-electron chi connectivity index (χ4n) is 2.14. The summed E-state index contributed by atoms with van der Waals surface area (Å²) in [4.78, 5) is 2.33. The van der Waals surface area contributed by atoms with E-state index >= 15 is 0 Å². The van der Waals surface area contributed by atoms with Crippen molar-refractivity contribution in [3.63, 3.8) is 0 Å². The number of hydrogen-bond acceptors (Lipinski definition) is 4. The molecule has 2 rings (SSSR count). The average molecular weight is 236 g/mol.